The molecule has 2 aliphatic carbocycles. The molecule has 0 bridgehead atoms. The molecule has 7 aliphatic rings. The fourth-order valence-corrected chi connectivity index (χ4v) is 13.6. The second kappa shape index (κ2) is 17.8. The first-order valence-electron chi connectivity index (χ1n) is 26.7. The number of hydrogen-bond acceptors (Lipinski definition) is 13. The molecule has 7 fully saturated rings. The Hall–Kier alpha value is -6.04. The number of imide groups is 1. The molecule has 73 heavy (non-hydrogen) atoms. The van der Waals surface area contributed by atoms with E-state index in [1.54, 1.807) is 18.3 Å². The minimum Gasteiger partial charge on any atom is -0.508 e. The summed E-state index contributed by atoms with van der Waals surface area (Å²) in [5.74, 6) is -1.42. The number of likely N-dealkylation sites (tertiary alicyclic amines) is 1. The molecule has 2 saturated carbocycles. The van der Waals surface area contributed by atoms with Crippen LogP contribution in [0.5, 0.6) is 11.8 Å². The smallest absolute Gasteiger partial charge is 0.319 e. The minimum atomic E-state index is -0.664. The third-order valence-corrected chi connectivity index (χ3v) is 18.1. The van der Waals surface area contributed by atoms with Gasteiger partial charge in [-0.3, -0.25) is 29.5 Å². The predicted octanol–water partition coefficient (Wildman–Crippen LogP) is 7.78. The lowest BCUT2D eigenvalue weighted by Gasteiger charge is -2.56. The number of nitrogens with zero attached hydrogens (tertiary/aromatic N) is 9. The number of aromatic hydroxyl groups is 1. The number of carbonyl (C=O) groups is 2. The molecule has 2 N–H and O–H groups in total. The molecule has 8 heterocycles. The number of pyridine rings is 1. The summed E-state index contributed by atoms with van der Waals surface area (Å²) in [6.45, 7) is 11.5. The van der Waals surface area contributed by atoms with Gasteiger partial charge < -0.3 is 29.3 Å². The first-order chi connectivity index (χ1) is 35.4. The van der Waals surface area contributed by atoms with Gasteiger partial charge in [-0.25, -0.2) is 8.78 Å². The molecule has 15 nitrogen and oxygen atoms in total. The first kappa shape index (κ1) is 46.7. The summed E-state index contributed by atoms with van der Waals surface area (Å²) in [7, 11) is 1.93. The lowest BCUT2D eigenvalue weighted by molar-refractivity contribution is -0.151. The number of aromatic nitrogens is 5. The molecule has 2 atom stereocenters. The van der Waals surface area contributed by atoms with Crippen molar-refractivity contribution in [1.82, 2.24) is 39.8 Å². The quantitative estimate of drug-likeness (QED) is 0.122. The van der Waals surface area contributed by atoms with Gasteiger partial charge >= 0.3 is 6.01 Å². The molecule has 5 saturated heterocycles. The molecule has 0 radical (unpaired) electrons. The van der Waals surface area contributed by atoms with Gasteiger partial charge in [0, 0.05) is 100.0 Å². The number of phenols is 1. The van der Waals surface area contributed by atoms with Crippen molar-refractivity contribution in [3.63, 3.8) is 0 Å². The molecular formula is C56H64F2N10O5. The van der Waals surface area contributed by atoms with E-state index < -0.39 is 11.7 Å². The Balaban J connectivity index is 0.655. The number of fused-ring (bicyclic) bond motifs is 3. The number of rotatable bonds is 11. The number of amides is 2. The van der Waals surface area contributed by atoms with Crippen molar-refractivity contribution in [3.8, 4) is 23.0 Å². The number of halogens is 2. The lowest BCUT2D eigenvalue weighted by Crippen LogP contribution is -2.59. The number of aryl methyl sites for hydroxylation is 2. The van der Waals surface area contributed by atoms with Gasteiger partial charge in [0.1, 0.15) is 28.6 Å². The van der Waals surface area contributed by atoms with Gasteiger partial charge in [-0.05, 0) is 135 Å². The molecule has 2 amide bonds. The Bertz CT molecular complexity index is 3190. The van der Waals surface area contributed by atoms with Gasteiger partial charge in [0.05, 0.1) is 41.3 Å². The van der Waals surface area contributed by atoms with E-state index in [1.807, 2.05) is 18.7 Å². The Kier molecular flexibility index (Phi) is 11.4. The minimum absolute atomic E-state index is 0.00980. The number of nitrogens with one attached hydrogen (secondary N) is 1. The molecule has 382 valence electrons. The van der Waals surface area contributed by atoms with Crippen LogP contribution >= 0.6 is 0 Å². The van der Waals surface area contributed by atoms with Crippen LogP contribution in [-0.4, -0.2) is 135 Å². The summed E-state index contributed by atoms with van der Waals surface area (Å²) < 4.78 is 47.1. The summed E-state index contributed by atoms with van der Waals surface area (Å²) >= 11 is 0. The average Bonchev–Trinajstić information content (AvgIpc) is 4.07. The van der Waals surface area contributed by atoms with Crippen LogP contribution < -0.4 is 19.9 Å². The van der Waals surface area contributed by atoms with Gasteiger partial charge in [-0.1, -0.05) is 13.0 Å². The Morgan fingerprint density at radius 1 is 0.904 bits per heavy atom. The number of carbonyl (C=O) groups excluding carboxylic acids is 2. The number of hydrogen-bond donors (Lipinski definition) is 2. The zero-order valence-corrected chi connectivity index (χ0v) is 41.9. The maximum atomic E-state index is 17.3. The number of piperazine rings is 1. The maximum absolute atomic E-state index is 17.3. The van der Waals surface area contributed by atoms with Crippen LogP contribution in [0.15, 0.2) is 48.7 Å². The molecule has 5 aliphatic heterocycles. The number of anilines is 2. The summed E-state index contributed by atoms with van der Waals surface area (Å²) in [6.07, 6.45) is 12.7. The van der Waals surface area contributed by atoms with Crippen LogP contribution in [0.2, 0.25) is 0 Å². The van der Waals surface area contributed by atoms with E-state index in [0.29, 0.717) is 77.0 Å². The Morgan fingerprint density at radius 2 is 1.71 bits per heavy atom. The van der Waals surface area contributed by atoms with E-state index >= 15 is 8.78 Å². The molecule has 2 spiro atoms. The number of benzene rings is 3. The zero-order chi connectivity index (χ0) is 49.8. The predicted molar refractivity (Wildman–Crippen MR) is 274 cm³/mol. The first-order valence-corrected chi connectivity index (χ1v) is 26.7. The van der Waals surface area contributed by atoms with E-state index in [0.717, 1.165) is 108 Å². The van der Waals surface area contributed by atoms with Crippen LogP contribution in [0.3, 0.4) is 0 Å². The van der Waals surface area contributed by atoms with E-state index in [9.17, 15) is 14.7 Å². The average molecular weight is 995 g/mol. The summed E-state index contributed by atoms with van der Waals surface area (Å²) in [6, 6.07) is 13.2. The highest BCUT2D eigenvalue weighted by atomic mass is 19.1. The van der Waals surface area contributed by atoms with Crippen LogP contribution in [0, 0.1) is 22.5 Å². The summed E-state index contributed by atoms with van der Waals surface area (Å²) in [5.41, 5.74) is 3.91. The largest absolute Gasteiger partial charge is 0.508 e. The number of phenolic OH excluding ortho intramolecular Hbond substituents is 1. The molecular weight excluding hydrogens is 931 g/mol. The van der Waals surface area contributed by atoms with Crippen LogP contribution in [0.1, 0.15) is 94.7 Å². The molecule has 1 unspecified atom stereocenters. The summed E-state index contributed by atoms with van der Waals surface area (Å²) in [4.78, 5) is 48.9. The third-order valence-electron chi connectivity index (χ3n) is 18.1. The maximum Gasteiger partial charge on any atom is 0.319 e. The SMILES string of the molecule is CCc1c(F)ccc2cc(O)cc(-c3ncc4c(N5CCC[C@]6(CCO6)C5)nc(OCC5(CN6CCC7(CC6)CC(N6CCN(c8ccc9c(C%10CCC(=O)NC%10=O)nn(C)c9c8)CC6)C7)CC5)nc4c3F)c12. The third kappa shape index (κ3) is 8.33. The van der Waals surface area contributed by atoms with Crippen molar-refractivity contribution >= 4 is 55.9 Å². The van der Waals surface area contributed by atoms with Crippen molar-refractivity contribution in [2.24, 2.45) is 17.9 Å². The van der Waals surface area contributed by atoms with Crippen LogP contribution in [0.25, 0.3) is 43.8 Å². The van der Waals surface area contributed by atoms with Crippen molar-refractivity contribution < 1.29 is 33.0 Å². The Labute approximate surface area is 423 Å². The highest BCUT2D eigenvalue weighted by Gasteiger charge is 2.51. The molecule has 17 heteroatoms. The monoisotopic (exact) mass is 995 g/mol. The van der Waals surface area contributed by atoms with Gasteiger partial charge in [0.15, 0.2) is 5.82 Å². The van der Waals surface area contributed by atoms with Crippen molar-refractivity contribution in [2.75, 3.05) is 81.9 Å². The molecule has 13 rings (SSSR count). The Morgan fingerprint density at radius 3 is 2.45 bits per heavy atom. The van der Waals surface area contributed by atoms with E-state index in [-0.39, 0.29) is 51.6 Å². The summed E-state index contributed by atoms with van der Waals surface area (Å²) in [5, 5.41) is 20.6. The van der Waals surface area contributed by atoms with Gasteiger partial charge in [0.25, 0.3) is 0 Å². The number of ether oxygens (including phenoxy) is 2. The second-order valence-corrected chi connectivity index (χ2v) is 22.7. The lowest BCUT2D eigenvalue weighted by atomic mass is 9.60. The normalized spacial score (nSPS) is 24.4. The van der Waals surface area contributed by atoms with E-state index in [1.165, 1.54) is 43.5 Å². The van der Waals surface area contributed by atoms with Gasteiger partial charge in [0.2, 0.25) is 11.8 Å². The van der Waals surface area contributed by atoms with Crippen LogP contribution in [0.4, 0.5) is 20.3 Å². The fraction of sp³-hybridized carbons (Fsp3) is 0.536. The van der Waals surface area contributed by atoms with Crippen LogP contribution in [-0.2, 0) is 27.8 Å². The molecule has 3 aromatic carbocycles. The van der Waals surface area contributed by atoms with Crippen molar-refractivity contribution in [1.29, 1.82) is 0 Å². The number of piperidine rings is 3. The zero-order valence-electron chi connectivity index (χ0n) is 41.9. The highest BCUT2D eigenvalue weighted by Crippen LogP contribution is 2.53. The van der Waals surface area contributed by atoms with Crippen molar-refractivity contribution in [2.45, 2.75) is 102 Å². The topological polar surface area (TPSA) is 154 Å². The van der Waals surface area contributed by atoms with Crippen molar-refractivity contribution in [3.05, 3.63) is 71.6 Å². The standard InChI is InChI=1S/C56H64F2N10O5/c1-3-38-43(57)9-5-34-25-37(69)27-41(46(34)38)49-47(58)50-42(30-59-49)51(68-17-4-11-56(32-68)16-24-73-56)62-53(61-50)72-33-55(12-13-55)31-65-18-14-54(15-19-65)28-36(29-54)67-22-20-66(21-23-67)35-6-7-39-44(26-35)64(2)63-48(39)40-8-10-45(70)60-52(40)71/h5-7,9,25-27,30,36,40,69H,3-4,8,10-24,28-29,31-33H2,1-2H3,(H,60,70,71)/t40?,56-/m0/s1. The highest BCUT2D eigenvalue weighted by molar-refractivity contribution is 6.03. The van der Waals surface area contributed by atoms with Gasteiger partial charge in [-0.15, -0.1) is 0 Å². The fourth-order valence-electron chi connectivity index (χ4n) is 13.6. The second-order valence-electron chi connectivity index (χ2n) is 22.7. The molecule has 6 aromatic rings. The molecule has 3 aromatic heterocycles. The van der Waals surface area contributed by atoms with E-state index in [2.05, 4.69) is 48.1 Å². The van der Waals surface area contributed by atoms with Gasteiger partial charge in [-0.2, -0.15) is 15.1 Å². The van der Waals surface area contributed by atoms with E-state index in [4.69, 9.17) is 24.5 Å².